The van der Waals surface area contributed by atoms with Crippen molar-refractivity contribution in [1.82, 2.24) is 4.90 Å². The second-order valence-corrected chi connectivity index (χ2v) is 5.41. The number of carboxylic acid groups (broad SMARTS) is 1. The Labute approximate surface area is 121 Å². The highest BCUT2D eigenvalue weighted by Crippen LogP contribution is 2.36. The Hall–Kier alpha value is -1.56. The summed E-state index contributed by atoms with van der Waals surface area (Å²) in [4.78, 5) is 12.7. The van der Waals surface area contributed by atoms with Crippen LogP contribution in [0.5, 0.6) is 0 Å². The van der Waals surface area contributed by atoms with Crippen LogP contribution in [0, 0.1) is 0 Å². The summed E-state index contributed by atoms with van der Waals surface area (Å²) in [7, 11) is 0. The van der Waals surface area contributed by atoms with Gasteiger partial charge in [0.2, 0.25) is 0 Å². The van der Waals surface area contributed by atoms with E-state index in [2.05, 4.69) is 0 Å². The van der Waals surface area contributed by atoms with Crippen molar-refractivity contribution in [2.24, 2.45) is 0 Å². The highest BCUT2D eigenvalue weighted by Gasteiger charge is 2.34. The molecular weight excluding hydrogens is 283 g/mol. The quantitative estimate of drug-likeness (QED) is 0.871. The lowest BCUT2D eigenvalue weighted by atomic mass is 10.0. The predicted octanol–water partition coefficient (Wildman–Crippen LogP) is 3.71. The molecule has 0 bridgehead atoms. The predicted molar refractivity (Wildman–Crippen MR) is 71.8 cm³/mol. The van der Waals surface area contributed by atoms with E-state index in [9.17, 15) is 18.0 Å². The first-order chi connectivity index (χ1) is 9.79. The molecule has 3 nitrogen and oxygen atoms in total. The van der Waals surface area contributed by atoms with Crippen molar-refractivity contribution in [3.05, 3.63) is 35.4 Å². The molecule has 0 spiro atoms. The van der Waals surface area contributed by atoms with E-state index in [1.807, 2.05) is 11.8 Å². The summed E-state index contributed by atoms with van der Waals surface area (Å²) in [5.41, 5.74) is -0.0945. The van der Waals surface area contributed by atoms with Gasteiger partial charge in [-0.05, 0) is 37.5 Å². The van der Waals surface area contributed by atoms with Gasteiger partial charge < -0.3 is 5.11 Å². The van der Waals surface area contributed by atoms with Crippen LogP contribution in [0.3, 0.4) is 0 Å². The summed E-state index contributed by atoms with van der Waals surface area (Å²) in [5.74, 6) is -0.892. The molecule has 1 unspecified atom stereocenters. The molecule has 1 N–H and O–H groups in total. The zero-order chi connectivity index (χ0) is 15.6. The molecule has 1 aromatic rings. The van der Waals surface area contributed by atoms with Gasteiger partial charge in [0.25, 0.3) is 0 Å². The van der Waals surface area contributed by atoms with Crippen LogP contribution in [0.2, 0.25) is 0 Å². The lowest BCUT2D eigenvalue weighted by molar-refractivity contribution is -0.138. The Balaban J connectivity index is 2.16. The Morgan fingerprint density at radius 3 is 2.62 bits per heavy atom. The minimum absolute atomic E-state index is 0.000197. The highest BCUT2D eigenvalue weighted by atomic mass is 19.4. The molecule has 116 valence electrons. The van der Waals surface area contributed by atoms with Crippen molar-refractivity contribution < 1.29 is 23.1 Å². The van der Waals surface area contributed by atoms with Crippen molar-refractivity contribution in [1.29, 1.82) is 0 Å². The normalized spacial score (nSPS) is 17.0. The number of nitrogens with zero attached hydrogens (tertiary/aromatic N) is 1. The lowest BCUT2D eigenvalue weighted by Gasteiger charge is -2.29. The van der Waals surface area contributed by atoms with Crippen LogP contribution in [0.25, 0.3) is 0 Å². The van der Waals surface area contributed by atoms with Crippen molar-refractivity contribution >= 4 is 5.97 Å². The van der Waals surface area contributed by atoms with Crippen LogP contribution in [-0.2, 0) is 11.0 Å². The molecule has 0 heterocycles. The van der Waals surface area contributed by atoms with Crippen LogP contribution in [-0.4, -0.2) is 28.6 Å². The zero-order valence-corrected chi connectivity index (χ0v) is 11.7. The van der Waals surface area contributed by atoms with Crippen molar-refractivity contribution in [3.63, 3.8) is 0 Å². The first-order valence-corrected chi connectivity index (χ1v) is 6.93. The van der Waals surface area contributed by atoms with Gasteiger partial charge in [0, 0.05) is 18.6 Å². The molecule has 1 aromatic carbocycles. The van der Waals surface area contributed by atoms with E-state index in [0.29, 0.717) is 12.1 Å². The molecule has 1 aliphatic carbocycles. The van der Waals surface area contributed by atoms with Gasteiger partial charge in [-0.1, -0.05) is 12.1 Å². The number of rotatable bonds is 6. The molecule has 1 fully saturated rings. The Kier molecular flexibility index (Phi) is 4.56. The summed E-state index contributed by atoms with van der Waals surface area (Å²) in [6.07, 6.45) is -2.41. The molecule has 6 heteroatoms. The fraction of sp³-hybridized carbons (Fsp3) is 0.533. The fourth-order valence-electron chi connectivity index (χ4n) is 2.49. The van der Waals surface area contributed by atoms with E-state index < -0.39 is 17.7 Å². The number of halogens is 3. The van der Waals surface area contributed by atoms with Crippen LogP contribution in [0.1, 0.15) is 43.4 Å². The summed E-state index contributed by atoms with van der Waals surface area (Å²) in [5, 5.41) is 8.79. The molecule has 0 aliphatic heterocycles. The van der Waals surface area contributed by atoms with Gasteiger partial charge in [-0.15, -0.1) is 0 Å². The van der Waals surface area contributed by atoms with Crippen LogP contribution < -0.4 is 0 Å². The second-order valence-electron chi connectivity index (χ2n) is 5.41. The van der Waals surface area contributed by atoms with Gasteiger partial charge >= 0.3 is 12.1 Å². The minimum atomic E-state index is -4.36. The molecule has 1 atom stereocenters. The molecule has 1 aliphatic rings. The molecule has 0 aromatic heterocycles. The van der Waals surface area contributed by atoms with Crippen LogP contribution in [0.15, 0.2) is 24.3 Å². The summed E-state index contributed by atoms with van der Waals surface area (Å²) in [6, 6.07) is 5.33. The third-order valence-corrected chi connectivity index (χ3v) is 3.79. The van der Waals surface area contributed by atoms with E-state index >= 15 is 0 Å². The van der Waals surface area contributed by atoms with Crippen molar-refractivity contribution in [2.45, 2.75) is 44.4 Å². The van der Waals surface area contributed by atoms with E-state index in [-0.39, 0.29) is 18.5 Å². The molecular formula is C15H18F3NO2. The van der Waals surface area contributed by atoms with Gasteiger partial charge in [-0.2, -0.15) is 13.2 Å². The van der Waals surface area contributed by atoms with Gasteiger partial charge in [0.1, 0.15) is 0 Å². The molecule has 1 saturated carbocycles. The first-order valence-electron chi connectivity index (χ1n) is 6.93. The number of hydrogen-bond donors (Lipinski definition) is 1. The third-order valence-electron chi connectivity index (χ3n) is 3.79. The van der Waals surface area contributed by atoms with E-state index in [4.69, 9.17) is 5.11 Å². The Morgan fingerprint density at radius 1 is 1.43 bits per heavy atom. The summed E-state index contributed by atoms with van der Waals surface area (Å²) < 4.78 is 38.3. The largest absolute Gasteiger partial charge is 0.481 e. The molecule has 0 radical (unpaired) electrons. The molecule has 0 saturated heterocycles. The fourth-order valence-corrected chi connectivity index (χ4v) is 2.49. The Morgan fingerprint density at radius 2 is 2.10 bits per heavy atom. The number of aliphatic carboxylic acids is 1. The monoisotopic (exact) mass is 301 g/mol. The molecule has 0 amide bonds. The maximum absolute atomic E-state index is 12.8. The van der Waals surface area contributed by atoms with E-state index in [1.165, 1.54) is 6.07 Å². The second kappa shape index (κ2) is 6.05. The number of benzene rings is 1. The SMILES string of the molecule is CC(c1cccc(C(F)(F)F)c1)N(CCC(=O)O)C1CC1. The van der Waals surface area contributed by atoms with Gasteiger partial charge in [0.05, 0.1) is 12.0 Å². The molecule has 2 rings (SSSR count). The summed E-state index contributed by atoms with van der Waals surface area (Å²) >= 11 is 0. The number of carboxylic acids is 1. The van der Waals surface area contributed by atoms with Crippen LogP contribution in [0.4, 0.5) is 13.2 Å². The van der Waals surface area contributed by atoms with E-state index in [1.54, 1.807) is 6.07 Å². The van der Waals surface area contributed by atoms with Crippen molar-refractivity contribution in [3.8, 4) is 0 Å². The molecule has 21 heavy (non-hydrogen) atoms. The number of alkyl halides is 3. The number of carbonyl (C=O) groups is 1. The zero-order valence-electron chi connectivity index (χ0n) is 11.7. The van der Waals surface area contributed by atoms with E-state index in [0.717, 1.165) is 25.0 Å². The van der Waals surface area contributed by atoms with Crippen LogP contribution >= 0.6 is 0 Å². The Bertz CT molecular complexity index is 512. The average Bonchev–Trinajstić information content (AvgIpc) is 3.22. The summed E-state index contributed by atoms with van der Waals surface area (Å²) in [6.45, 7) is 2.19. The third kappa shape index (κ3) is 4.20. The van der Waals surface area contributed by atoms with Gasteiger partial charge in [-0.3, -0.25) is 9.69 Å². The average molecular weight is 301 g/mol. The number of hydrogen-bond acceptors (Lipinski definition) is 2. The van der Waals surface area contributed by atoms with Gasteiger partial charge in [0.15, 0.2) is 0 Å². The van der Waals surface area contributed by atoms with Gasteiger partial charge in [-0.25, -0.2) is 0 Å². The maximum atomic E-state index is 12.8. The lowest BCUT2D eigenvalue weighted by Crippen LogP contribution is -2.31. The topological polar surface area (TPSA) is 40.5 Å². The van der Waals surface area contributed by atoms with Crippen molar-refractivity contribution in [2.75, 3.05) is 6.54 Å². The highest BCUT2D eigenvalue weighted by molar-refractivity contribution is 5.66. The minimum Gasteiger partial charge on any atom is -0.481 e. The maximum Gasteiger partial charge on any atom is 0.416 e. The smallest absolute Gasteiger partial charge is 0.416 e. The first kappa shape index (κ1) is 15.8. The standard InChI is InChI=1S/C15H18F3NO2/c1-10(19(13-5-6-13)8-7-14(20)21)11-3-2-4-12(9-11)15(16,17)18/h2-4,9-10,13H,5-8H2,1H3,(H,20,21).